The summed E-state index contributed by atoms with van der Waals surface area (Å²) in [6.45, 7) is 5.81. The second-order valence-electron chi connectivity index (χ2n) is 5.89. The molecule has 1 aromatic heterocycles. The Bertz CT molecular complexity index is 459. The van der Waals surface area contributed by atoms with Crippen molar-refractivity contribution in [3.8, 4) is 0 Å². The van der Waals surface area contributed by atoms with Crippen molar-refractivity contribution in [2.24, 2.45) is 11.3 Å². The van der Waals surface area contributed by atoms with Crippen molar-refractivity contribution in [3.05, 3.63) is 23.9 Å². The van der Waals surface area contributed by atoms with E-state index < -0.39 is 0 Å². The molecule has 0 spiro atoms. The predicted octanol–water partition coefficient (Wildman–Crippen LogP) is 1.91. The third kappa shape index (κ3) is 3.67. The number of nitrogen functional groups attached to an aromatic ring is 1. The van der Waals surface area contributed by atoms with Crippen molar-refractivity contribution in [1.29, 1.82) is 0 Å². The van der Waals surface area contributed by atoms with E-state index >= 15 is 0 Å². The molecule has 0 bridgehead atoms. The molecule has 1 aliphatic heterocycles. The number of hydrazine groups is 1. The Kier molecular flexibility index (Phi) is 4.04. The minimum absolute atomic E-state index is 0.221. The Hall–Kier alpha value is -1.62. The summed E-state index contributed by atoms with van der Waals surface area (Å²) in [5, 5.41) is 0. The van der Waals surface area contributed by atoms with Crippen LogP contribution in [0.5, 0.6) is 0 Å². The van der Waals surface area contributed by atoms with Gasteiger partial charge in [-0.2, -0.15) is 0 Å². The van der Waals surface area contributed by atoms with Crippen LogP contribution in [0.1, 0.15) is 38.8 Å². The fourth-order valence-corrected chi connectivity index (χ4v) is 2.30. The molecule has 0 aromatic carbocycles. The van der Waals surface area contributed by atoms with Gasteiger partial charge in [-0.25, -0.2) is 10.8 Å². The van der Waals surface area contributed by atoms with Gasteiger partial charge in [-0.05, 0) is 30.4 Å². The summed E-state index contributed by atoms with van der Waals surface area (Å²) in [6.07, 6.45) is 2.62. The zero-order valence-electron chi connectivity index (χ0n) is 11.6. The molecule has 2 heterocycles. The lowest BCUT2D eigenvalue weighted by atomic mass is 9.85. The van der Waals surface area contributed by atoms with Gasteiger partial charge in [0.05, 0.1) is 12.2 Å². The number of carbonyl (C=O) groups is 1. The smallest absolute Gasteiger partial charge is 0.222 e. The molecular formula is C14H22N4O. The number of anilines is 1. The van der Waals surface area contributed by atoms with Crippen LogP contribution in [0.15, 0.2) is 18.2 Å². The van der Waals surface area contributed by atoms with E-state index in [0.717, 1.165) is 25.1 Å². The fraction of sp³-hybridized carbons (Fsp3) is 0.571. The summed E-state index contributed by atoms with van der Waals surface area (Å²) in [4.78, 5) is 18.4. The van der Waals surface area contributed by atoms with Crippen LogP contribution in [0.3, 0.4) is 0 Å². The summed E-state index contributed by atoms with van der Waals surface area (Å²) in [6, 6.07) is 5.62. The molecular weight excluding hydrogens is 240 g/mol. The topological polar surface area (TPSA) is 71.2 Å². The summed E-state index contributed by atoms with van der Waals surface area (Å²) in [5.74, 6) is 6.19. The molecule has 1 aromatic rings. The third-order valence-corrected chi connectivity index (χ3v) is 3.73. The van der Waals surface area contributed by atoms with E-state index in [-0.39, 0.29) is 11.3 Å². The number of pyridine rings is 1. The lowest BCUT2D eigenvalue weighted by molar-refractivity contribution is -0.131. The van der Waals surface area contributed by atoms with Gasteiger partial charge in [-0.3, -0.25) is 4.79 Å². The molecule has 1 amide bonds. The lowest BCUT2D eigenvalue weighted by Crippen LogP contribution is -2.30. The van der Waals surface area contributed by atoms with Gasteiger partial charge < -0.3 is 10.3 Å². The van der Waals surface area contributed by atoms with Crippen LogP contribution in [0.2, 0.25) is 0 Å². The van der Waals surface area contributed by atoms with E-state index in [1.807, 2.05) is 17.0 Å². The monoisotopic (exact) mass is 262 g/mol. The minimum atomic E-state index is 0.221. The molecule has 2 rings (SSSR count). The number of nitrogens with zero attached hydrogens (tertiary/aromatic N) is 2. The van der Waals surface area contributed by atoms with E-state index in [1.165, 1.54) is 0 Å². The van der Waals surface area contributed by atoms with Gasteiger partial charge in [0.2, 0.25) is 5.91 Å². The fourth-order valence-electron chi connectivity index (χ4n) is 2.30. The minimum Gasteiger partial charge on any atom is -0.337 e. The average Bonchev–Trinajstić information content (AvgIpc) is 2.52. The first kappa shape index (κ1) is 13.8. The van der Waals surface area contributed by atoms with Crippen LogP contribution in [-0.4, -0.2) is 22.3 Å². The molecule has 0 radical (unpaired) electrons. The molecule has 5 nitrogen and oxygen atoms in total. The maximum Gasteiger partial charge on any atom is 0.222 e. The molecule has 0 atom stereocenters. The van der Waals surface area contributed by atoms with E-state index in [9.17, 15) is 4.79 Å². The predicted molar refractivity (Wildman–Crippen MR) is 75.1 cm³/mol. The van der Waals surface area contributed by atoms with E-state index in [0.29, 0.717) is 18.8 Å². The molecule has 0 unspecified atom stereocenters. The summed E-state index contributed by atoms with van der Waals surface area (Å²) < 4.78 is 0. The Morgan fingerprint density at radius 2 is 2.21 bits per heavy atom. The average molecular weight is 262 g/mol. The maximum atomic E-state index is 12.1. The number of likely N-dealkylation sites (tertiary alicyclic amines) is 1. The van der Waals surface area contributed by atoms with Crippen molar-refractivity contribution >= 4 is 11.7 Å². The normalized spacial score (nSPS) is 19.1. The highest BCUT2D eigenvalue weighted by molar-refractivity contribution is 5.76. The number of nitrogens with two attached hydrogens (primary N) is 1. The standard InChI is InChI=1S/C14H22N4O/c1-14(2)7-6-13(19)18(9-8-14)10-11-4-3-5-12(16-11)17-15/h3-5H,6-10,15H2,1-2H3,(H,16,17). The molecule has 3 N–H and O–H groups in total. The van der Waals surface area contributed by atoms with Crippen molar-refractivity contribution in [3.63, 3.8) is 0 Å². The lowest BCUT2D eigenvalue weighted by Gasteiger charge is -2.23. The van der Waals surface area contributed by atoms with Crippen molar-refractivity contribution in [2.45, 2.75) is 39.7 Å². The number of aromatic nitrogens is 1. The van der Waals surface area contributed by atoms with E-state index in [4.69, 9.17) is 5.84 Å². The zero-order valence-corrected chi connectivity index (χ0v) is 11.6. The summed E-state index contributed by atoms with van der Waals surface area (Å²) in [5.41, 5.74) is 3.64. The van der Waals surface area contributed by atoms with Gasteiger partial charge in [0.1, 0.15) is 5.82 Å². The highest BCUT2D eigenvalue weighted by atomic mass is 16.2. The largest absolute Gasteiger partial charge is 0.337 e. The molecule has 104 valence electrons. The highest BCUT2D eigenvalue weighted by Gasteiger charge is 2.27. The molecule has 1 saturated heterocycles. The molecule has 1 aliphatic rings. The highest BCUT2D eigenvalue weighted by Crippen LogP contribution is 2.30. The molecule has 5 heteroatoms. The van der Waals surface area contributed by atoms with Crippen molar-refractivity contribution in [2.75, 3.05) is 12.0 Å². The molecule has 0 aliphatic carbocycles. The second-order valence-corrected chi connectivity index (χ2v) is 5.89. The third-order valence-electron chi connectivity index (χ3n) is 3.73. The first-order chi connectivity index (χ1) is 9.00. The number of hydrogen-bond acceptors (Lipinski definition) is 4. The van der Waals surface area contributed by atoms with Crippen LogP contribution in [-0.2, 0) is 11.3 Å². The van der Waals surface area contributed by atoms with Gasteiger partial charge in [0.15, 0.2) is 0 Å². The van der Waals surface area contributed by atoms with Gasteiger partial charge >= 0.3 is 0 Å². The number of carbonyl (C=O) groups excluding carboxylic acids is 1. The zero-order chi connectivity index (χ0) is 13.9. The number of rotatable bonds is 3. The summed E-state index contributed by atoms with van der Waals surface area (Å²) >= 11 is 0. The Morgan fingerprint density at radius 3 is 2.95 bits per heavy atom. The first-order valence-electron chi connectivity index (χ1n) is 6.70. The molecule has 1 fully saturated rings. The second kappa shape index (κ2) is 5.57. The Balaban J connectivity index is 2.06. The van der Waals surface area contributed by atoms with Gasteiger partial charge in [0, 0.05) is 13.0 Å². The van der Waals surface area contributed by atoms with Crippen LogP contribution in [0, 0.1) is 5.41 Å². The van der Waals surface area contributed by atoms with Crippen LogP contribution < -0.4 is 11.3 Å². The van der Waals surface area contributed by atoms with Gasteiger partial charge in [-0.1, -0.05) is 19.9 Å². The van der Waals surface area contributed by atoms with Gasteiger partial charge in [-0.15, -0.1) is 0 Å². The number of amides is 1. The Morgan fingerprint density at radius 1 is 1.42 bits per heavy atom. The molecule has 19 heavy (non-hydrogen) atoms. The van der Waals surface area contributed by atoms with E-state index in [2.05, 4.69) is 24.3 Å². The number of hydrogen-bond donors (Lipinski definition) is 2. The van der Waals surface area contributed by atoms with Crippen LogP contribution in [0.25, 0.3) is 0 Å². The van der Waals surface area contributed by atoms with Crippen LogP contribution >= 0.6 is 0 Å². The quantitative estimate of drug-likeness (QED) is 0.645. The SMILES string of the molecule is CC1(C)CCC(=O)N(Cc2cccc(NN)n2)CC1. The van der Waals surface area contributed by atoms with Crippen molar-refractivity contribution < 1.29 is 4.79 Å². The van der Waals surface area contributed by atoms with Crippen molar-refractivity contribution in [1.82, 2.24) is 9.88 Å². The molecule has 0 saturated carbocycles. The first-order valence-corrected chi connectivity index (χ1v) is 6.70. The van der Waals surface area contributed by atoms with Crippen LogP contribution in [0.4, 0.5) is 5.82 Å². The maximum absolute atomic E-state index is 12.1. The van der Waals surface area contributed by atoms with E-state index in [1.54, 1.807) is 6.07 Å². The van der Waals surface area contributed by atoms with Gasteiger partial charge in [0.25, 0.3) is 0 Å². The summed E-state index contributed by atoms with van der Waals surface area (Å²) in [7, 11) is 0. The Labute approximate surface area is 114 Å². The number of nitrogens with one attached hydrogen (secondary N) is 1.